The first-order valence-corrected chi connectivity index (χ1v) is 8.12. The summed E-state index contributed by atoms with van der Waals surface area (Å²) < 4.78 is 3.03. The molecule has 2 aromatic heterocycles. The fourth-order valence-corrected chi connectivity index (χ4v) is 3.85. The lowest BCUT2D eigenvalue weighted by atomic mass is 10.2. The van der Waals surface area contributed by atoms with Gasteiger partial charge in [0.1, 0.15) is 5.82 Å². The van der Waals surface area contributed by atoms with Crippen LogP contribution in [-0.2, 0) is 5.88 Å². The van der Waals surface area contributed by atoms with Crippen molar-refractivity contribution in [3.63, 3.8) is 0 Å². The topological polar surface area (TPSA) is 17.8 Å². The Hall–Kier alpha value is -1.03. The predicted octanol–water partition coefficient (Wildman–Crippen LogP) is 5.41. The van der Waals surface area contributed by atoms with E-state index >= 15 is 0 Å². The second-order valence-electron chi connectivity index (χ2n) is 4.79. The molecule has 1 atom stereocenters. The molecular weight excluding hydrogens is 311 g/mol. The van der Waals surface area contributed by atoms with Gasteiger partial charge in [-0.05, 0) is 37.6 Å². The van der Waals surface area contributed by atoms with Crippen LogP contribution in [-0.4, -0.2) is 9.55 Å². The zero-order chi connectivity index (χ0) is 14.3. The highest BCUT2D eigenvalue weighted by atomic mass is 35.5. The molecule has 5 heteroatoms. The molecule has 0 aliphatic carbocycles. The van der Waals surface area contributed by atoms with E-state index in [2.05, 4.69) is 35.5 Å². The average Bonchev–Trinajstić information content (AvgIpc) is 3.02. The van der Waals surface area contributed by atoms with E-state index in [1.807, 2.05) is 18.2 Å². The van der Waals surface area contributed by atoms with Crippen LogP contribution < -0.4 is 0 Å². The maximum Gasteiger partial charge on any atom is 0.125 e. The standard InChI is InChI=1S/C15H14Cl2N2S/c1-9-4-3-5-11-15(9)19(14(8-16)18-11)10(2)12-6-7-13(17)20-12/h3-7,10H,8H2,1-2H3. The number of para-hydroxylation sites is 1. The summed E-state index contributed by atoms with van der Waals surface area (Å²) in [5.74, 6) is 1.30. The third-order valence-corrected chi connectivity index (χ3v) is 5.14. The number of rotatable bonds is 3. The van der Waals surface area contributed by atoms with E-state index in [0.717, 1.165) is 21.2 Å². The minimum absolute atomic E-state index is 0.173. The van der Waals surface area contributed by atoms with Crippen LogP contribution in [0.3, 0.4) is 0 Å². The maximum absolute atomic E-state index is 6.09. The summed E-state index contributed by atoms with van der Waals surface area (Å²) >= 11 is 13.7. The Labute approximate surface area is 132 Å². The van der Waals surface area contributed by atoms with Gasteiger partial charge >= 0.3 is 0 Å². The molecule has 20 heavy (non-hydrogen) atoms. The van der Waals surface area contributed by atoms with Crippen molar-refractivity contribution in [2.24, 2.45) is 0 Å². The highest BCUT2D eigenvalue weighted by molar-refractivity contribution is 7.16. The number of halogens is 2. The first-order chi connectivity index (χ1) is 9.61. The zero-order valence-corrected chi connectivity index (χ0v) is 13.6. The van der Waals surface area contributed by atoms with Crippen LogP contribution in [0, 0.1) is 6.92 Å². The van der Waals surface area contributed by atoms with E-state index in [4.69, 9.17) is 23.2 Å². The molecule has 3 aromatic rings. The molecule has 0 saturated carbocycles. The van der Waals surface area contributed by atoms with Crippen molar-refractivity contribution in [1.29, 1.82) is 0 Å². The number of aryl methyl sites for hydroxylation is 1. The number of thiophene rings is 1. The van der Waals surface area contributed by atoms with Crippen molar-refractivity contribution in [1.82, 2.24) is 9.55 Å². The van der Waals surface area contributed by atoms with Crippen molar-refractivity contribution in [3.8, 4) is 0 Å². The Balaban J connectivity index is 2.23. The molecule has 0 fully saturated rings. The lowest BCUT2D eigenvalue weighted by Gasteiger charge is -2.16. The van der Waals surface area contributed by atoms with Gasteiger partial charge in [0, 0.05) is 4.88 Å². The Bertz CT molecular complexity index is 760. The monoisotopic (exact) mass is 324 g/mol. The summed E-state index contributed by atoms with van der Waals surface area (Å²) in [5.41, 5.74) is 3.36. The highest BCUT2D eigenvalue weighted by Crippen LogP contribution is 2.33. The average molecular weight is 325 g/mol. The van der Waals surface area contributed by atoms with Gasteiger partial charge in [0.15, 0.2) is 0 Å². The van der Waals surface area contributed by atoms with E-state index < -0.39 is 0 Å². The van der Waals surface area contributed by atoms with E-state index in [9.17, 15) is 0 Å². The number of hydrogen-bond acceptors (Lipinski definition) is 2. The lowest BCUT2D eigenvalue weighted by Crippen LogP contribution is -2.09. The first kappa shape index (κ1) is 13.9. The molecular formula is C15H14Cl2N2S. The van der Waals surface area contributed by atoms with Crippen molar-refractivity contribution in [3.05, 3.63) is 50.9 Å². The molecule has 2 heterocycles. The molecule has 0 spiro atoms. The molecule has 1 unspecified atom stereocenters. The van der Waals surface area contributed by atoms with Crippen LogP contribution >= 0.6 is 34.5 Å². The first-order valence-electron chi connectivity index (χ1n) is 6.39. The molecule has 0 bridgehead atoms. The van der Waals surface area contributed by atoms with E-state index in [1.54, 1.807) is 11.3 Å². The van der Waals surface area contributed by atoms with Gasteiger partial charge in [-0.1, -0.05) is 23.7 Å². The van der Waals surface area contributed by atoms with Crippen LogP contribution in [0.15, 0.2) is 30.3 Å². The minimum Gasteiger partial charge on any atom is -0.319 e. The normalized spacial score (nSPS) is 13.0. The summed E-state index contributed by atoms with van der Waals surface area (Å²) in [6, 6.07) is 10.3. The van der Waals surface area contributed by atoms with E-state index in [1.165, 1.54) is 10.4 Å². The van der Waals surface area contributed by atoms with Crippen molar-refractivity contribution >= 4 is 45.6 Å². The number of aromatic nitrogens is 2. The Morgan fingerprint density at radius 1 is 1.30 bits per heavy atom. The summed E-state index contributed by atoms with van der Waals surface area (Å²) in [5, 5.41) is 0. The Kier molecular flexibility index (Phi) is 3.76. The third-order valence-electron chi connectivity index (χ3n) is 3.50. The van der Waals surface area contributed by atoms with E-state index in [-0.39, 0.29) is 6.04 Å². The van der Waals surface area contributed by atoms with Gasteiger partial charge in [-0.2, -0.15) is 0 Å². The lowest BCUT2D eigenvalue weighted by molar-refractivity contribution is 0.643. The van der Waals surface area contributed by atoms with Crippen LogP contribution in [0.5, 0.6) is 0 Å². The van der Waals surface area contributed by atoms with Gasteiger partial charge in [-0.15, -0.1) is 22.9 Å². The largest absolute Gasteiger partial charge is 0.319 e. The molecule has 2 nitrogen and oxygen atoms in total. The molecule has 3 rings (SSSR count). The van der Waals surface area contributed by atoms with Gasteiger partial charge in [-0.25, -0.2) is 4.98 Å². The fourth-order valence-electron chi connectivity index (χ4n) is 2.56. The van der Waals surface area contributed by atoms with Gasteiger partial charge in [-0.3, -0.25) is 0 Å². The SMILES string of the molecule is Cc1cccc2nc(CCl)n(C(C)c3ccc(Cl)s3)c12. The van der Waals surface area contributed by atoms with Gasteiger partial charge in [0.25, 0.3) is 0 Å². The number of benzene rings is 1. The van der Waals surface area contributed by atoms with E-state index in [0.29, 0.717) is 5.88 Å². The Morgan fingerprint density at radius 3 is 2.75 bits per heavy atom. The Morgan fingerprint density at radius 2 is 2.10 bits per heavy atom. The predicted molar refractivity (Wildman–Crippen MR) is 87.2 cm³/mol. The number of alkyl halides is 1. The molecule has 0 aliphatic heterocycles. The number of hydrogen-bond donors (Lipinski definition) is 0. The molecule has 0 saturated heterocycles. The molecule has 1 aromatic carbocycles. The smallest absolute Gasteiger partial charge is 0.125 e. The second kappa shape index (κ2) is 5.40. The van der Waals surface area contributed by atoms with Gasteiger partial charge < -0.3 is 4.57 Å². The molecule has 104 valence electrons. The molecule has 0 radical (unpaired) electrons. The third kappa shape index (κ3) is 2.24. The molecule has 0 amide bonds. The van der Waals surface area contributed by atoms with Crippen LogP contribution in [0.1, 0.15) is 29.2 Å². The number of fused-ring (bicyclic) bond motifs is 1. The number of nitrogens with zero attached hydrogens (tertiary/aromatic N) is 2. The van der Waals surface area contributed by atoms with Crippen molar-refractivity contribution < 1.29 is 0 Å². The maximum atomic E-state index is 6.09. The van der Waals surface area contributed by atoms with Gasteiger partial charge in [0.2, 0.25) is 0 Å². The van der Waals surface area contributed by atoms with Crippen molar-refractivity contribution in [2.75, 3.05) is 0 Å². The molecule has 0 aliphatic rings. The van der Waals surface area contributed by atoms with Crippen LogP contribution in [0.2, 0.25) is 4.34 Å². The summed E-state index contributed by atoms with van der Waals surface area (Å²) in [7, 11) is 0. The van der Waals surface area contributed by atoms with Crippen LogP contribution in [0.25, 0.3) is 11.0 Å². The summed E-state index contributed by atoms with van der Waals surface area (Å²) in [6.45, 7) is 4.26. The molecule has 0 N–H and O–H groups in total. The summed E-state index contributed by atoms with van der Waals surface area (Å²) in [6.07, 6.45) is 0. The zero-order valence-electron chi connectivity index (χ0n) is 11.2. The minimum atomic E-state index is 0.173. The highest BCUT2D eigenvalue weighted by Gasteiger charge is 2.19. The van der Waals surface area contributed by atoms with Crippen molar-refractivity contribution in [2.45, 2.75) is 25.8 Å². The van der Waals surface area contributed by atoms with Gasteiger partial charge in [0.05, 0.1) is 27.3 Å². The second-order valence-corrected chi connectivity index (χ2v) is 6.81. The quantitative estimate of drug-likeness (QED) is 0.589. The van der Waals surface area contributed by atoms with Crippen LogP contribution in [0.4, 0.5) is 0 Å². The number of imidazole rings is 1. The fraction of sp³-hybridized carbons (Fsp3) is 0.267. The summed E-state index contributed by atoms with van der Waals surface area (Å²) in [4.78, 5) is 5.86.